The number of amides is 1. The lowest BCUT2D eigenvalue weighted by Gasteiger charge is -2.31. The quantitative estimate of drug-likeness (QED) is 0.536. The van der Waals surface area contributed by atoms with E-state index in [0.29, 0.717) is 42.0 Å². The number of halogens is 3. The van der Waals surface area contributed by atoms with Crippen molar-refractivity contribution >= 4 is 22.6 Å². The van der Waals surface area contributed by atoms with Gasteiger partial charge in [-0.15, -0.1) is 0 Å². The molecule has 3 aromatic rings. The van der Waals surface area contributed by atoms with Crippen molar-refractivity contribution in [3.63, 3.8) is 0 Å². The van der Waals surface area contributed by atoms with E-state index in [0.717, 1.165) is 35.2 Å². The van der Waals surface area contributed by atoms with Crippen LogP contribution in [-0.4, -0.2) is 26.8 Å². The number of carbonyl (C=O) groups excluding carboxylic acids is 1. The van der Waals surface area contributed by atoms with Crippen molar-refractivity contribution in [1.29, 1.82) is 5.26 Å². The molecule has 7 nitrogen and oxygen atoms in total. The minimum Gasteiger partial charge on any atom is -0.383 e. The Morgan fingerprint density at radius 1 is 1.28 bits per heavy atom. The number of carbonyl (C=O) groups is 1. The number of benzene rings is 1. The van der Waals surface area contributed by atoms with Crippen molar-refractivity contribution in [3.8, 4) is 6.07 Å². The molecule has 1 aliphatic carbocycles. The van der Waals surface area contributed by atoms with Crippen LogP contribution in [0.1, 0.15) is 65.0 Å². The fourth-order valence-electron chi connectivity index (χ4n) is 5.23. The highest BCUT2D eigenvalue weighted by Gasteiger charge is 2.36. The van der Waals surface area contributed by atoms with Crippen LogP contribution in [0.5, 0.6) is 0 Å². The number of alkyl halides is 3. The number of ether oxygens (including phenoxy) is 1. The van der Waals surface area contributed by atoms with Crippen molar-refractivity contribution in [2.75, 3.05) is 5.73 Å². The van der Waals surface area contributed by atoms with Gasteiger partial charge in [0.15, 0.2) is 0 Å². The van der Waals surface area contributed by atoms with Gasteiger partial charge < -0.3 is 15.4 Å². The molecule has 2 N–H and O–H groups in total. The fourth-order valence-corrected chi connectivity index (χ4v) is 5.23. The largest absolute Gasteiger partial charge is 0.417 e. The Kier molecular flexibility index (Phi) is 6.04. The Hall–Kier alpha value is -3.71. The molecule has 3 atom stereocenters. The molecule has 0 unspecified atom stereocenters. The second-order valence-electron chi connectivity index (χ2n) is 9.28. The Morgan fingerprint density at radius 3 is 2.78 bits per heavy atom. The maximum Gasteiger partial charge on any atom is 0.417 e. The molecule has 0 radical (unpaired) electrons. The first kappa shape index (κ1) is 24.0. The van der Waals surface area contributed by atoms with Gasteiger partial charge in [-0.05, 0) is 62.1 Å². The first-order chi connectivity index (χ1) is 17.2. The zero-order chi connectivity index (χ0) is 25.6. The van der Waals surface area contributed by atoms with E-state index in [-0.39, 0.29) is 30.5 Å². The van der Waals surface area contributed by atoms with Gasteiger partial charge in [0.1, 0.15) is 5.82 Å². The summed E-state index contributed by atoms with van der Waals surface area (Å²) in [7, 11) is 0. The van der Waals surface area contributed by atoms with E-state index in [4.69, 9.17) is 10.5 Å². The van der Waals surface area contributed by atoms with Gasteiger partial charge in [-0.3, -0.25) is 9.78 Å². The molecule has 1 aromatic carbocycles. The molecule has 2 aliphatic rings. The molecule has 0 bridgehead atoms. The summed E-state index contributed by atoms with van der Waals surface area (Å²) in [6, 6.07) is 9.30. The number of aromatic nitrogens is 2. The predicted molar refractivity (Wildman–Crippen MR) is 125 cm³/mol. The molecule has 5 rings (SSSR count). The fraction of sp³-hybridized carbons (Fsp3) is 0.385. The lowest BCUT2D eigenvalue weighted by atomic mass is 9.98. The normalized spacial score (nSPS) is 21.4. The molecule has 2 aromatic heterocycles. The molecule has 1 aliphatic heterocycles. The highest BCUT2D eigenvalue weighted by Crippen LogP contribution is 2.39. The highest BCUT2D eigenvalue weighted by atomic mass is 19.4. The SMILES string of the molecule is C[C@H]1OCc2c1c(N)nc1ccc(C(=O)N(Cc3ccc(C(F)(F)F)cn3)[C@@H]3CCC[C@@H]3C#N)cc21. The number of nitrogens with two attached hydrogens (primary N) is 1. The molecule has 3 heterocycles. The summed E-state index contributed by atoms with van der Waals surface area (Å²) in [4.78, 5) is 23.8. The summed E-state index contributed by atoms with van der Waals surface area (Å²) in [5.41, 5.74) is 8.35. The Bertz CT molecular complexity index is 1370. The van der Waals surface area contributed by atoms with Crippen LogP contribution in [0.15, 0.2) is 36.5 Å². The molecule has 10 heteroatoms. The minimum atomic E-state index is -4.50. The van der Waals surface area contributed by atoms with Crippen LogP contribution in [0.2, 0.25) is 0 Å². The number of anilines is 1. The number of hydrogen-bond donors (Lipinski definition) is 1. The molecule has 0 saturated heterocycles. The maximum absolute atomic E-state index is 13.8. The predicted octanol–water partition coefficient (Wildman–Crippen LogP) is 5.16. The lowest BCUT2D eigenvalue weighted by molar-refractivity contribution is -0.137. The van der Waals surface area contributed by atoms with E-state index in [1.807, 2.05) is 6.92 Å². The van der Waals surface area contributed by atoms with Crippen LogP contribution >= 0.6 is 0 Å². The van der Waals surface area contributed by atoms with Gasteiger partial charge in [-0.2, -0.15) is 18.4 Å². The first-order valence-electron chi connectivity index (χ1n) is 11.7. The molecular formula is C26H24F3N5O2. The van der Waals surface area contributed by atoms with Crippen molar-refractivity contribution in [1.82, 2.24) is 14.9 Å². The van der Waals surface area contributed by atoms with E-state index >= 15 is 0 Å². The third kappa shape index (κ3) is 4.24. The van der Waals surface area contributed by atoms with Gasteiger partial charge in [0.05, 0.1) is 48.0 Å². The van der Waals surface area contributed by atoms with Gasteiger partial charge in [0.25, 0.3) is 5.91 Å². The number of nitriles is 1. The number of nitrogen functional groups attached to an aromatic ring is 1. The summed E-state index contributed by atoms with van der Waals surface area (Å²) in [6.45, 7) is 2.25. The molecular weight excluding hydrogens is 471 g/mol. The topological polar surface area (TPSA) is 105 Å². The van der Waals surface area contributed by atoms with Crippen molar-refractivity contribution < 1.29 is 22.7 Å². The van der Waals surface area contributed by atoms with E-state index in [2.05, 4.69) is 16.0 Å². The average Bonchev–Trinajstić information content (AvgIpc) is 3.49. The summed E-state index contributed by atoms with van der Waals surface area (Å²) >= 11 is 0. The van der Waals surface area contributed by atoms with Crippen LogP contribution in [0.3, 0.4) is 0 Å². The first-order valence-corrected chi connectivity index (χ1v) is 11.7. The molecule has 1 amide bonds. The van der Waals surface area contributed by atoms with E-state index < -0.39 is 11.7 Å². The summed E-state index contributed by atoms with van der Waals surface area (Å²) < 4.78 is 44.7. The molecule has 0 spiro atoms. The smallest absolute Gasteiger partial charge is 0.383 e. The van der Waals surface area contributed by atoms with Gasteiger partial charge >= 0.3 is 6.18 Å². The maximum atomic E-state index is 13.8. The van der Waals surface area contributed by atoms with Crippen LogP contribution in [-0.2, 0) is 24.1 Å². The molecule has 1 fully saturated rings. The second-order valence-corrected chi connectivity index (χ2v) is 9.28. The molecule has 36 heavy (non-hydrogen) atoms. The van der Waals surface area contributed by atoms with Gasteiger partial charge in [-0.1, -0.05) is 0 Å². The minimum absolute atomic E-state index is 0.00387. The summed E-state index contributed by atoms with van der Waals surface area (Å²) in [5.74, 6) is -0.272. The zero-order valence-corrected chi connectivity index (χ0v) is 19.5. The van der Waals surface area contributed by atoms with Gasteiger partial charge in [0, 0.05) is 28.8 Å². The van der Waals surface area contributed by atoms with Gasteiger partial charge in [0.2, 0.25) is 0 Å². The number of fused-ring (bicyclic) bond motifs is 3. The summed E-state index contributed by atoms with van der Waals surface area (Å²) in [6.07, 6.45) is -1.84. The highest BCUT2D eigenvalue weighted by molar-refractivity contribution is 5.99. The summed E-state index contributed by atoms with van der Waals surface area (Å²) in [5, 5.41) is 10.4. The monoisotopic (exact) mass is 495 g/mol. The van der Waals surface area contributed by atoms with Crippen LogP contribution in [0, 0.1) is 17.2 Å². The van der Waals surface area contributed by atoms with Crippen molar-refractivity contribution in [2.45, 2.75) is 57.7 Å². The number of hydrogen-bond acceptors (Lipinski definition) is 6. The lowest BCUT2D eigenvalue weighted by Crippen LogP contribution is -2.41. The van der Waals surface area contributed by atoms with Crippen molar-refractivity contribution in [2.24, 2.45) is 5.92 Å². The Balaban J connectivity index is 1.52. The molecule has 186 valence electrons. The van der Waals surface area contributed by atoms with Crippen LogP contribution in [0.25, 0.3) is 10.9 Å². The third-order valence-corrected chi connectivity index (χ3v) is 7.09. The standard InChI is InChI=1S/C26H24F3N5O2/c1-14-23-20(13-36-14)19-9-15(5-8-21(19)33-24(23)31)25(35)34(22-4-2-3-16(22)10-30)12-18-7-6-17(11-32-18)26(27,28)29/h5-9,11,14,16,22H,2-4,12-13H2,1H3,(H2,31,33)/t14-,16-,22-/m1/s1. The van der Waals surface area contributed by atoms with E-state index in [9.17, 15) is 23.2 Å². The second kappa shape index (κ2) is 9.06. The van der Waals surface area contributed by atoms with Crippen LogP contribution in [0.4, 0.5) is 19.0 Å². The van der Waals surface area contributed by atoms with E-state index in [1.165, 1.54) is 6.07 Å². The number of pyridine rings is 2. The Morgan fingerprint density at radius 2 is 2.08 bits per heavy atom. The third-order valence-electron chi connectivity index (χ3n) is 7.09. The molecule has 1 saturated carbocycles. The number of rotatable bonds is 4. The van der Waals surface area contributed by atoms with Crippen molar-refractivity contribution in [3.05, 3.63) is 64.5 Å². The number of nitrogens with zero attached hydrogens (tertiary/aromatic N) is 4. The van der Waals surface area contributed by atoms with Crippen LogP contribution < -0.4 is 5.73 Å². The Labute approximate surface area is 205 Å². The van der Waals surface area contributed by atoms with Gasteiger partial charge in [-0.25, -0.2) is 4.98 Å². The average molecular weight is 496 g/mol. The van der Waals surface area contributed by atoms with E-state index in [1.54, 1.807) is 23.1 Å². The zero-order valence-electron chi connectivity index (χ0n) is 19.5.